The zero-order chi connectivity index (χ0) is 41.5. The topological polar surface area (TPSA) is 152 Å². The smallest absolute Gasteiger partial charge is 0.407 e. The lowest BCUT2D eigenvalue weighted by Crippen LogP contribution is -2.51. The van der Waals surface area contributed by atoms with Gasteiger partial charge in [-0.05, 0) is 73.6 Å². The normalized spacial score (nSPS) is 12.9. The van der Waals surface area contributed by atoms with Gasteiger partial charge >= 0.3 is 18.2 Å². The molecule has 0 fully saturated rings. The Labute approximate surface area is 340 Å². The number of Topliss-reactive ketones (excluding diaryl/α,β-unsaturated/α-hetero) is 1. The Morgan fingerprint density at radius 3 is 1.97 bits per heavy atom. The van der Waals surface area contributed by atoms with Crippen molar-refractivity contribution in [3.05, 3.63) is 126 Å². The Balaban J connectivity index is 1.29. The summed E-state index contributed by atoms with van der Waals surface area (Å²) in [6.07, 6.45) is -0.960. The molecule has 3 N–H and O–H groups in total. The van der Waals surface area contributed by atoms with Crippen molar-refractivity contribution < 1.29 is 38.3 Å². The second-order valence-electron chi connectivity index (χ2n) is 15.3. The monoisotopic (exact) mass is 790 g/mol. The highest BCUT2D eigenvalue weighted by molar-refractivity contribution is 5.87. The van der Waals surface area contributed by atoms with E-state index in [1.807, 2.05) is 91.9 Å². The molecule has 0 bridgehead atoms. The van der Waals surface area contributed by atoms with E-state index in [2.05, 4.69) is 16.1 Å². The van der Waals surface area contributed by atoms with Crippen LogP contribution in [0.3, 0.4) is 0 Å². The molecule has 5 rings (SSSR count). The highest BCUT2D eigenvalue weighted by atomic mass is 16.7. The van der Waals surface area contributed by atoms with Gasteiger partial charge in [0.25, 0.3) is 0 Å². The summed E-state index contributed by atoms with van der Waals surface area (Å²) in [5.74, 6) is -1.52. The minimum absolute atomic E-state index is 0.0107. The lowest BCUT2D eigenvalue weighted by Gasteiger charge is -2.31. The second-order valence-corrected chi connectivity index (χ2v) is 15.3. The van der Waals surface area contributed by atoms with Crippen LogP contribution in [0.1, 0.15) is 88.3 Å². The number of nitrogens with one attached hydrogen (secondary N) is 3. The highest BCUT2D eigenvalue weighted by Crippen LogP contribution is 2.44. The summed E-state index contributed by atoms with van der Waals surface area (Å²) in [7, 11) is 0. The molecule has 306 valence electrons. The first-order chi connectivity index (χ1) is 27.9. The van der Waals surface area contributed by atoms with Crippen LogP contribution in [0.4, 0.5) is 15.3 Å². The minimum atomic E-state index is -1.12. The molecule has 12 heteroatoms. The summed E-state index contributed by atoms with van der Waals surface area (Å²) >= 11 is 0. The lowest BCUT2D eigenvalue weighted by atomic mass is 9.95. The fourth-order valence-corrected chi connectivity index (χ4v) is 6.94. The number of carbonyl (C=O) groups is 5. The molecule has 0 saturated heterocycles. The van der Waals surface area contributed by atoms with Gasteiger partial charge in [-0.2, -0.15) is 0 Å². The number of hydrogen-bond acceptors (Lipinski definition) is 9. The van der Waals surface area contributed by atoms with Crippen LogP contribution in [0.25, 0.3) is 11.1 Å². The Morgan fingerprint density at radius 1 is 0.741 bits per heavy atom. The van der Waals surface area contributed by atoms with Crippen molar-refractivity contribution >= 4 is 35.5 Å². The van der Waals surface area contributed by atoms with E-state index >= 15 is 0 Å². The Kier molecular flexibility index (Phi) is 15.4. The molecular weight excluding hydrogens is 737 g/mol. The van der Waals surface area contributed by atoms with E-state index in [1.54, 1.807) is 49.9 Å². The van der Waals surface area contributed by atoms with E-state index in [0.717, 1.165) is 27.8 Å². The molecule has 0 radical (unpaired) electrons. The first-order valence-electron chi connectivity index (χ1n) is 19.9. The molecule has 58 heavy (non-hydrogen) atoms. The number of anilines is 1. The van der Waals surface area contributed by atoms with Gasteiger partial charge in [-0.1, -0.05) is 104 Å². The molecule has 4 aromatic rings. The van der Waals surface area contributed by atoms with Crippen LogP contribution >= 0.6 is 0 Å². The van der Waals surface area contributed by atoms with Gasteiger partial charge in [-0.3, -0.25) is 9.59 Å². The SMILES string of the molecule is CCC(CN(CCC(=O)CCC(=O)ONc1ccccc1)C(=O)[C@H](CCNC(=O)OC(C)(C)C)NC(=O)OCC1c2ccccc2-c2ccccc21)c1ccccc1. The van der Waals surface area contributed by atoms with E-state index in [4.69, 9.17) is 14.3 Å². The Morgan fingerprint density at radius 2 is 1.34 bits per heavy atom. The largest absolute Gasteiger partial charge is 0.449 e. The average molecular weight is 791 g/mol. The highest BCUT2D eigenvalue weighted by Gasteiger charge is 2.32. The second kappa shape index (κ2) is 20.8. The molecular formula is C46H54N4O8. The fourth-order valence-electron chi connectivity index (χ4n) is 6.94. The van der Waals surface area contributed by atoms with Gasteiger partial charge in [0.05, 0.1) is 12.1 Å². The first kappa shape index (κ1) is 43.0. The van der Waals surface area contributed by atoms with Crippen LogP contribution in [-0.2, 0) is 28.7 Å². The number of ketones is 1. The van der Waals surface area contributed by atoms with Crippen LogP contribution < -0.4 is 16.1 Å². The summed E-state index contributed by atoms with van der Waals surface area (Å²) in [5, 5.41) is 5.46. The molecule has 0 heterocycles. The molecule has 4 aromatic carbocycles. The standard InChI is InChI=1S/C46H54N4O8/c1-5-32(33-16-8-6-9-17-33)30-50(29-27-35(51)24-25-42(52)58-49-34-18-10-7-11-19-34)43(53)41(26-28-47-44(54)57-46(2,3)4)48-45(55)56-31-40-38-22-14-12-20-36(38)37-21-13-15-23-39(37)40/h6-23,32,40-41,49H,5,24-31H2,1-4H3,(H,47,54)(H,48,55)/t32?,41-/m0/s1. The molecule has 2 atom stereocenters. The molecule has 0 saturated carbocycles. The maximum atomic E-state index is 14.6. The van der Waals surface area contributed by atoms with Gasteiger partial charge in [-0.15, -0.1) is 0 Å². The summed E-state index contributed by atoms with van der Waals surface area (Å²) in [4.78, 5) is 72.9. The van der Waals surface area contributed by atoms with Crippen molar-refractivity contribution in [2.24, 2.45) is 0 Å². The number of carbonyl (C=O) groups excluding carboxylic acids is 5. The van der Waals surface area contributed by atoms with Crippen molar-refractivity contribution in [3.63, 3.8) is 0 Å². The molecule has 1 aliphatic carbocycles. The van der Waals surface area contributed by atoms with Gasteiger partial charge < -0.3 is 29.8 Å². The van der Waals surface area contributed by atoms with Crippen molar-refractivity contribution in [2.45, 2.75) is 83.3 Å². The number of ether oxygens (including phenoxy) is 2. The van der Waals surface area contributed by atoms with Crippen LogP contribution in [0.15, 0.2) is 109 Å². The summed E-state index contributed by atoms with van der Waals surface area (Å²) in [5.41, 5.74) is 7.74. The lowest BCUT2D eigenvalue weighted by molar-refractivity contribution is -0.142. The third-order valence-electron chi connectivity index (χ3n) is 9.88. The number of amides is 3. The number of alkyl carbamates (subject to hydrolysis) is 2. The van der Waals surface area contributed by atoms with Gasteiger partial charge in [0, 0.05) is 44.3 Å². The number of nitrogens with zero attached hydrogens (tertiary/aromatic N) is 1. The van der Waals surface area contributed by atoms with E-state index in [1.165, 1.54) is 0 Å². The van der Waals surface area contributed by atoms with E-state index in [-0.39, 0.29) is 69.5 Å². The minimum Gasteiger partial charge on any atom is -0.449 e. The summed E-state index contributed by atoms with van der Waals surface area (Å²) < 4.78 is 11.2. The summed E-state index contributed by atoms with van der Waals surface area (Å²) in [6, 6.07) is 33.6. The number of para-hydroxylation sites is 1. The molecule has 0 aliphatic heterocycles. The van der Waals surface area contributed by atoms with E-state index < -0.39 is 35.7 Å². The number of benzene rings is 4. The van der Waals surface area contributed by atoms with Gasteiger partial charge in [0.15, 0.2) is 0 Å². The van der Waals surface area contributed by atoms with Crippen molar-refractivity contribution in [2.75, 3.05) is 31.7 Å². The van der Waals surface area contributed by atoms with Gasteiger partial charge in [0.1, 0.15) is 24.0 Å². The molecule has 12 nitrogen and oxygen atoms in total. The number of fused-ring (bicyclic) bond motifs is 3. The molecule has 0 spiro atoms. The zero-order valence-corrected chi connectivity index (χ0v) is 33.7. The van der Waals surface area contributed by atoms with E-state index in [0.29, 0.717) is 12.1 Å². The van der Waals surface area contributed by atoms with Crippen LogP contribution in [0.5, 0.6) is 0 Å². The van der Waals surface area contributed by atoms with Crippen molar-refractivity contribution in [3.8, 4) is 11.1 Å². The van der Waals surface area contributed by atoms with Crippen LogP contribution in [0.2, 0.25) is 0 Å². The zero-order valence-electron chi connectivity index (χ0n) is 33.7. The predicted octanol–water partition coefficient (Wildman–Crippen LogP) is 8.14. The number of hydrogen-bond donors (Lipinski definition) is 3. The predicted molar refractivity (Wildman–Crippen MR) is 222 cm³/mol. The molecule has 1 aliphatic rings. The quantitative estimate of drug-likeness (QED) is 0.0631. The molecule has 0 aromatic heterocycles. The third kappa shape index (κ3) is 12.7. The third-order valence-corrected chi connectivity index (χ3v) is 9.88. The first-order valence-corrected chi connectivity index (χ1v) is 19.9. The van der Waals surface area contributed by atoms with Gasteiger partial charge in [-0.25, -0.2) is 19.9 Å². The Hall–Kier alpha value is -6.17. The average Bonchev–Trinajstić information content (AvgIpc) is 3.54. The summed E-state index contributed by atoms with van der Waals surface area (Å²) in [6.45, 7) is 7.63. The van der Waals surface area contributed by atoms with Crippen molar-refractivity contribution in [1.29, 1.82) is 0 Å². The molecule has 1 unspecified atom stereocenters. The van der Waals surface area contributed by atoms with Crippen LogP contribution in [0, 0.1) is 0 Å². The Bertz CT molecular complexity index is 1950. The van der Waals surface area contributed by atoms with Gasteiger partial charge in [0.2, 0.25) is 5.91 Å². The fraction of sp³-hybridized carbons (Fsp3) is 0.370. The maximum absolute atomic E-state index is 14.6. The van der Waals surface area contributed by atoms with Crippen molar-refractivity contribution in [1.82, 2.24) is 15.5 Å². The van der Waals surface area contributed by atoms with E-state index in [9.17, 15) is 24.0 Å². The maximum Gasteiger partial charge on any atom is 0.407 e. The molecule has 3 amide bonds. The number of rotatable bonds is 19. The van der Waals surface area contributed by atoms with Crippen LogP contribution in [-0.4, -0.2) is 72.6 Å².